The fraction of sp³-hybridized carbons (Fsp3) is 0.500. The first-order chi connectivity index (χ1) is 9.81. The SMILES string of the molecule is Cc1ccc(OCC(C)NC(=O)C(C)C(C)C(=O)O)cc1. The molecule has 0 bridgehead atoms. The number of carbonyl (C=O) groups is 2. The van der Waals surface area contributed by atoms with Gasteiger partial charge < -0.3 is 15.2 Å². The lowest BCUT2D eigenvalue weighted by Gasteiger charge is -2.20. The Labute approximate surface area is 125 Å². The molecule has 5 heteroatoms. The van der Waals surface area contributed by atoms with Crippen molar-refractivity contribution in [2.24, 2.45) is 11.8 Å². The lowest BCUT2D eigenvalue weighted by Crippen LogP contribution is -2.42. The third-order valence-electron chi connectivity index (χ3n) is 3.46. The molecule has 0 radical (unpaired) electrons. The van der Waals surface area contributed by atoms with E-state index >= 15 is 0 Å². The Morgan fingerprint density at radius 3 is 2.24 bits per heavy atom. The van der Waals surface area contributed by atoms with Crippen molar-refractivity contribution in [2.75, 3.05) is 6.61 Å². The maximum absolute atomic E-state index is 11.9. The van der Waals surface area contributed by atoms with Crippen LogP contribution in [-0.4, -0.2) is 29.6 Å². The number of aliphatic carboxylic acids is 1. The number of nitrogens with one attached hydrogen (secondary N) is 1. The molecule has 2 N–H and O–H groups in total. The Morgan fingerprint density at radius 2 is 1.71 bits per heavy atom. The van der Waals surface area contributed by atoms with Crippen molar-refractivity contribution in [3.63, 3.8) is 0 Å². The molecule has 5 nitrogen and oxygen atoms in total. The number of hydrogen-bond acceptors (Lipinski definition) is 3. The van der Waals surface area contributed by atoms with Crippen molar-refractivity contribution in [3.05, 3.63) is 29.8 Å². The zero-order valence-electron chi connectivity index (χ0n) is 12.9. The predicted molar refractivity (Wildman–Crippen MR) is 80.2 cm³/mol. The number of carbonyl (C=O) groups excluding carboxylic acids is 1. The third-order valence-corrected chi connectivity index (χ3v) is 3.46. The number of rotatable bonds is 7. The van der Waals surface area contributed by atoms with E-state index in [-0.39, 0.29) is 11.9 Å². The van der Waals surface area contributed by atoms with Crippen LogP contribution in [0.1, 0.15) is 26.3 Å². The monoisotopic (exact) mass is 293 g/mol. The van der Waals surface area contributed by atoms with Crippen molar-refractivity contribution >= 4 is 11.9 Å². The van der Waals surface area contributed by atoms with Crippen molar-refractivity contribution in [3.8, 4) is 5.75 Å². The number of benzene rings is 1. The van der Waals surface area contributed by atoms with Crippen molar-refractivity contribution in [2.45, 2.75) is 33.7 Å². The van der Waals surface area contributed by atoms with E-state index in [9.17, 15) is 9.59 Å². The van der Waals surface area contributed by atoms with Gasteiger partial charge in [0.05, 0.1) is 12.0 Å². The van der Waals surface area contributed by atoms with E-state index in [1.54, 1.807) is 6.92 Å². The summed E-state index contributed by atoms with van der Waals surface area (Å²) in [6.07, 6.45) is 0. The van der Waals surface area contributed by atoms with Gasteiger partial charge in [-0.2, -0.15) is 0 Å². The molecule has 3 atom stereocenters. The number of ether oxygens (including phenoxy) is 1. The first-order valence-electron chi connectivity index (χ1n) is 7.04. The molecule has 0 aliphatic rings. The summed E-state index contributed by atoms with van der Waals surface area (Å²) in [7, 11) is 0. The van der Waals surface area contributed by atoms with E-state index in [0.29, 0.717) is 6.61 Å². The maximum Gasteiger partial charge on any atom is 0.307 e. The van der Waals surface area contributed by atoms with Crippen molar-refractivity contribution in [1.29, 1.82) is 0 Å². The number of carboxylic acids is 1. The van der Waals surface area contributed by atoms with Gasteiger partial charge in [0.25, 0.3) is 0 Å². The van der Waals surface area contributed by atoms with Crippen LogP contribution in [0.2, 0.25) is 0 Å². The van der Waals surface area contributed by atoms with Gasteiger partial charge in [-0.25, -0.2) is 0 Å². The molecule has 0 heterocycles. The summed E-state index contributed by atoms with van der Waals surface area (Å²) in [5, 5.41) is 11.7. The molecule has 3 unspecified atom stereocenters. The minimum absolute atomic E-state index is 0.192. The highest BCUT2D eigenvalue weighted by Crippen LogP contribution is 2.13. The van der Waals surface area contributed by atoms with Gasteiger partial charge in [-0.3, -0.25) is 9.59 Å². The summed E-state index contributed by atoms with van der Waals surface area (Å²) in [5.74, 6) is -1.79. The maximum atomic E-state index is 11.9. The Hall–Kier alpha value is -2.04. The molecule has 21 heavy (non-hydrogen) atoms. The molecule has 116 valence electrons. The third kappa shape index (κ3) is 5.45. The summed E-state index contributed by atoms with van der Waals surface area (Å²) in [6.45, 7) is 7.30. The van der Waals surface area contributed by atoms with E-state index in [1.807, 2.05) is 38.1 Å². The predicted octanol–water partition coefficient (Wildman–Crippen LogP) is 2.24. The van der Waals surface area contributed by atoms with Crippen LogP contribution in [-0.2, 0) is 9.59 Å². The van der Waals surface area contributed by atoms with Gasteiger partial charge in [0, 0.05) is 5.92 Å². The van der Waals surface area contributed by atoms with Gasteiger partial charge >= 0.3 is 5.97 Å². The lowest BCUT2D eigenvalue weighted by molar-refractivity contribution is -0.146. The van der Waals surface area contributed by atoms with Crippen LogP contribution < -0.4 is 10.1 Å². The molecule has 0 saturated heterocycles. The van der Waals surface area contributed by atoms with Crippen LogP contribution >= 0.6 is 0 Å². The number of amides is 1. The summed E-state index contributed by atoms with van der Waals surface area (Å²) >= 11 is 0. The van der Waals surface area contributed by atoms with Crippen molar-refractivity contribution in [1.82, 2.24) is 5.32 Å². The van der Waals surface area contributed by atoms with Crippen LogP contribution in [0.5, 0.6) is 5.75 Å². The molecule has 0 aliphatic carbocycles. The zero-order valence-corrected chi connectivity index (χ0v) is 12.9. The normalized spacial score (nSPS) is 14.9. The average molecular weight is 293 g/mol. The van der Waals surface area contributed by atoms with Gasteiger partial charge in [-0.15, -0.1) is 0 Å². The Balaban J connectivity index is 2.42. The molecular weight excluding hydrogens is 270 g/mol. The highest BCUT2D eigenvalue weighted by Gasteiger charge is 2.26. The first kappa shape index (κ1) is 17.0. The fourth-order valence-corrected chi connectivity index (χ4v) is 1.71. The highest BCUT2D eigenvalue weighted by atomic mass is 16.5. The molecule has 1 aromatic rings. The Kier molecular flexibility index (Phi) is 6.21. The standard InChI is InChI=1S/C16H23NO4/c1-10-5-7-14(8-6-10)21-9-11(2)17-15(18)12(3)13(4)16(19)20/h5-8,11-13H,9H2,1-4H3,(H,17,18)(H,19,20). The molecule has 1 amide bonds. The fourth-order valence-electron chi connectivity index (χ4n) is 1.71. The second kappa shape index (κ2) is 7.67. The Morgan fingerprint density at radius 1 is 1.14 bits per heavy atom. The molecular formula is C16H23NO4. The molecule has 0 spiro atoms. The second-order valence-electron chi connectivity index (χ2n) is 5.45. The number of aryl methyl sites for hydroxylation is 1. The number of hydrogen-bond donors (Lipinski definition) is 2. The van der Waals surface area contributed by atoms with Gasteiger partial charge in [0.15, 0.2) is 0 Å². The molecule has 0 fully saturated rings. The van der Waals surface area contributed by atoms with E-state index in [1.165, 1.54) is 6.92 Å². The number of carboxylic acid groups (broad SMARTS) is 1. The smallest absolute Gasteiger partial charge is 0.307 e. The van der Waals surface area contributed by atoms with Crippen LogP contribution in [0, 0.1) is 18.8 Å². The van der Waals surface area contributed by atoms with Crippen molar-refractivity contribution < 1.29 is 19.4 Å². The summed E-state index contributed by atoms with van der Waals surface area (Å²) in [5.41, 5.74) is 1.15. The molecule has 1 rings (SSSR count). The minimum atomic E-state index is -0.971. The van der Waals surface area contributed by atoms with Gasteiger partial charge in [0.2, 0.25) is 5.91 Å². The van der Waals surface area contributed by atoms with Gasteiger partial charge in [0.1, 0.15) is 12.4 Å². The molecule has 0 aliphatic heterocycles. The van der Waals surface area contributed by atoms with E-state index in [0.717, 1.165) is 11.3 Å². The zero-order chi connectivity index (χ0) is 16.0. The summed E-state index contributed by atoms with van der Waals surface area (Å²) in [6, 6.07) is 7.46. The van der Waals surface area contributed by atoms with Gasteiger partial charge in [-0.1, -0.05) is 31.5 Å². The average Bonchev–Trinajstić information content (AvgIpc) is 2.44. The van der Waals surface area contributed by atoms with Crippen LogP contribution in [0.25, 0.3) is 0 Å². The van der Waals surface area contributed by atoms with Crippen LogP contribution in [0.4, 0.5) is 0 Å². The topological polar surface area (TPSA) is 75.6 Å². The summed E-state index contributed by atoms with van der Waals surface area (Å²) in [4.78, 5) is 22.8. The van der Waals surface area contributed by atoms with E-state index in [2.05, 4.69) is 5.32 Å². The first-order valence-corrected chi connectivity index (χ1v) is 7.04. The Bertz CT molecular complexity index is 484. The van der Waals surface area contributed by atoms with Crippen LogP contribution in [0.3, 0.4) is 0 Å². The molecule has 0 saturated carbocycles. The van der Waals surface area contributed by atoms with E-state index in [4.69, 9.17) is 9.84 Å². The largest absolute Gasteiger partial charge is 0.491 e. The highest BCUT2D eigenvalue weighted by molar-refractivity contribution is 5.84. The quantitative estimate of drug-likeness (QED) is 0.808. The second-order valence-corrected chi connectivity index (χ2v) is 5.45. The lowest BCUT2D eigenvalue weighted by atomic mass is 9.95. The molecule has 1 aromatic carbocycles. The van der Waals surface area contributed by atoms with E-state index < -0.39 is 17.8 Å². The molecule has 0 aromatic heterocycles. The van der Waals surface area contributed by atoms with Crippen LogP contribution in [0.15, 0.2) is 24.3 Å². The van der Waals surface area contributed by atoms with Gasteiger partial charge in [-0.05, 0) is 26.0 Å². The summed E-state index contributed by atoms with van der Waals surface area (Å²) < 4.78 is 5.58. The minimum Gasteiger partial charge on any atom is -0.491 e.